The first-order valence-corrected chi connectivity index (χ1v) is 8.05. The van der Waals surface area contributed by atoms with E-state index in [1.165, 1.54) is 32.6 Å². The van der Waals surface area contributed by atoms with E-state index in [9.17, 15) is 14.9 Å². The molecule has 1 saturated carbocycles. The zero-order valence-corrected chi connectivity index (χ0v) is 12.7. The second-order valence-corrected chi connectivity index (χ2v) is 6.15. The summed E-state index contributed by atoms with van der Waals surface area (Å²) in [6.45, 7) is 1.53. The van der Waals surface area contributed by atoms with Crippen LogP contribution in [0.3, 0.4) is 0 Å². The molecule has 0 aromatic carbocycles. The lowest BCUT2D eigenvalue weighted by Crippen LogP contribution is -2.30. The summed E-state index contributed by atoms with van der Waals surface area (Å²) in [5.41, 5.74) is -0.898. The lowest BCUT2D eigenvalue weighted by molar-refractivity contribution is -0.127. The van der Waals surface area contributed by atoms with Gasteiger partial charge in [0, 0.05) is 12.8 Å². The first-order chi connectivity index (χ1) is 9.60. The number of hydrogen-bond acceptors (Lipinski definition) is 3. The van der Waals surface area contributed by atoms with Gasteiger partial charge < -0.3 is 4.79 Å². The van der Waals surface area contributed by atoms with Crippen LogP contribution in [0.15, 0.2) is 0 Å². The first kappa shape index (κ1) is 16.9. The molecule has 20 heavy (non-hydrogen) atoms. The molecule has 1 unspecified atom stereocenters. The molecule has 0 saturated heterocycles. The van der Waals surface area contributed by atoms with Crippen LogP contribution in [0.2, 0.25) is 0 Å². The van der Waals surface area contributed by atoms with Gasteiger partial charge in [-0.05, 0) is 26.2 Å². The van der Waals surface area contributed by atoms with Crippen molar-refractivity contribution in [2.24, 2.45) is 5.41 Å². The molecule has 0 bridgehead atoms. The summed E-state index contributed by atoms with van der Waals surface area (Å²) in [6.07, 6.45) is 10.8. The molecule has 0 amide bonds. The number of nitriles is 1. The van der Waals surface area contributed by atoms with Crippen molar-refractivity contribution in [3.05, 3.63) is 0 Å². The molecule has 0 aromatic heterocycles. The van der Waals surface area contributed by atoms with Crippen LogP contribution in [0.25, 0.3) is 0 Å². The molecule has 1 atom stereocenters. The number of Topliss-reactive ketones (excluding diaryl/α,β-unsaturated/α-hetero) is 2. The van der Waals surface area contributed by atoms with Crippen LogP contribution in [-0.4, -0.2) is 11.6 Å². The number of carbonyl (C=O) groups is 2. The molecule has 1 aliphatic carbocycles. The fourth-order valence-corrected chi connectivity index (χ4v) is 2.98. The van der Waals surface area contributed by atoms with E-state index in [1.807, 2.05) is 0 Å². The van der Waals surface area contributed by atoms with Crippen molar-refractivity contribution in [2.75, 3.05) is 0 Å². The highest BCUT2D eigenvalue weighted by Crippen LogP contribution is 2.34. The van der Waals surface area contributed by atoms with E-state index in [4.69, 9.17) is 0 Å². The molecule has 0 radical (unpaired) electrons. The second kappa shape index (κ2) is 8.89. The molecule has 0 aliphatic heterocycles. The molecule has 112 valence electrons. The van der Waals surface area contributed by atoms with Crippen LogP contribution in [-0.2, 0) is 9.59 Å². The minimum absolute atomic E-state index is 0.0681. The third-order valence-corrected chi connectivity index (χ3v) is 4.41. The first-order valence-electron chi connectivity index (χ1n) is 8.05. The van der Waals surface area contributed by atoms with Crippen LogP contribution in [0, 0.1) is 16.7 Å². The summed E-state index contributed by atoms with van der Waals surface area (Å²) in [5.74, 6) is 0.139. The molecular formula is C17H27NO2. The zero-order chi connectivity index (χ0) is 14.8. The van der Waals surface area contributed by atoms with E-state index >= 15 is 0 Å². The van der Waals surface area contributed by atoms with Crippen molar-refractivity contribution in [2.45, 2.75) is 84.0 Å². The Morgan fingerprint density at radius 2 is 1.65 bits per heavy atom. The Labute approximate surface area is 122 Å². The molecule has 0 N–H and O–H groups in total. The van der Waals surface area contributed by atoms with Gasteiger partial charge in [-0.15, -0.1) is 0 Å². The Morgan fingerprint density at radius 1 is 1.10 bits per heavy atom. The van der Waals surface area contributed by atoms with Crippen molar-refractivity contribution >= 4 is 11.6 Å². The molecule has 1 fully saturated rings. The van der Waals surface area contributed by atoms with Crippen LogP contribution in [0.1, 0.15) is 84.0 Å². The van der Waals surface area contributed by atoms with E-state index < -0.39 is 5.41 Å². The second-order valence-electron chi connectivity index (χ2n) is 6.15. The van der Waals surface area contributed by atoms with Crippen molar-refractivity contribution < 1.29 is 9.59 Å². The largest absolute Gasteiger partial charge is 0.300 e. The summed E-state index contributed by atoms with van der Waals surface area (Å²) in [5, 5.41) is 9.55. The van der Waals surface area contributed by atoms with Gasteiger partial charge in [0.2, 0.25) is 0 Å². The Kier molecular flexibility index (Phi) is 7.51. The zero-order valence-electron chi connectivity index (χ0n) is 12.7. The maximum absolute atomic E-state index is 12.5. The van der Waals surface area contributed by atoms with Gasteiger partial charge >= 0.3 is 0 Å². The fourth-order valence-electron chi connectivity index (χ4n) is 2.98. The van der Waals surface area contributed by atoms with Gasteiger partial charge in [-0.25, -0.2) is 0 Å². The predicted molar refractivity (Wildman–Crippen MR) is 79.1 cm³/mol. The van der Waals surface area contributed by atoms with E-state index in [2.05, 4.69) is 6.07 Å². The lowest BCUT2D eigenvalue weighted by atomic mass is 9.74. The fraction of sp³-hybridized carbons (Fsp3) is 0.824. The van der Waals surface area contributed by atoms with E-state index in [-0.39, 0.29) is 11.6 Å². The summed E-state index contributed by atoms with van der Waals surface area (Å²) in [4.78, 5) is 23.7. The van der Waals surface area contributed by atoms with E-state index in [0.29, 0.717) is 25.7 Å². The average molecular weight is 277 g/mol. The molecule has 0 spiro atoms. The number of nitrogens with zero attached hydrogens (tertiary/aromatic N) is 1. The van der Waals surface area contributed by atoms with Gasteiger partial charge in [0.1, 0.15) is 11.2 Å². The Bertz CT molecular complexity index is 370. The number of rotatable bonds is 3. The Morgan fingerprint density at radius 3 is 2.20 bits per heavy atom. The molecule has 3 heteroatoms. The highest BCUT2D eigenvalue weighted by Gasteiger charge is 2.37. The van der Waals surface area contributed by atoms with Gasteiger partial charge in [-0.1, -0.05) is 44.9 Å². The van der Waals surface area contributed by atoms with Crippen LogP contribution in [0.4, 0.5) is 0 Å². The Hall–Kier alpha value is -1.17. The van der Waals surface area contributed by atoms with Gasteiger partial charge in [0.25, 0.3) is 0 Å². The minimum Gasteiger partial charge on any atom is -0.300 e. The quantitative estimate of drug-likeness (QED) is 0.770. The van der Waals surface area contributed by atoms with E-state index in [0.717, 1.165) is 25.7 Å². The molecule has 1 rings (SSSR count). The lowest BCUT2D eigenvalue weighted by Gasteiger charge is -2.25. The third-order valence-electron chi connectivity index (χ3n) is 4.41. The third kappa shape index (κ3) is 5.45. The van der Waals surface area contributed by atoms with Crippen molar-refractivity contribution in [1.29, 1.82) is 5.26 Å². The maximum atomic E-state index is 12.5. The molecule has 3 nitrogen and oxygen atoms in total. The van der Waals surface area contributed by atoms with Crippen LogP contribution < -0.4 is 0 Å². The topological polar surface area (TPSA) is 57.9 Å². The van der Waals surface area contributed by atoms with Gasteiger partial charge in [-0.3, -0.25) is 4.79 Å². The van der Waals surface area contributed by atoms with Crippen LogP contribution in [0.5, 0.6) is 0 Å². The number of carbonyl (C=O) groups excluding carboxylic acids is 2. The summed E-state index contributed by atoms with van der Waals surface area (Å²) < 4.78 is 0. The summed E-state index contributed by atoms with van der Waals surface area (Å²) in [7, 11) is 0. The smallest absolute Gasteiger partial charge is 0.153 e. The van der Waals surface area contributed by atoms with Gasteiger partial charge in [0.05, 0.1) is 6.07 Å². The molecular weight excluding hydrogens is 250 g/mol. The highest BCUT2D eigenvalue weighted by atomic mass is 16.1. The van der Waals surface area contributed by atoms with Crippen molar-refractivity contribution in [1.82, 2.24) is 0 Å². The normalized spacial score (nSPS) is 26.1. The summed E-state index contributed by atoms with van der Waals surface area (Å²) in [6, 6.07) is 2.27. The molecule has 1 aliphatic rings. The van der Waals surface area contributed by atoms with Crippen LogP contribution >= 0.6 is 0 Å². The van der Waals surface area contributed by atoms with Gasteiger partial charge in [-0.2, -0.15) is 5.26 Å². The average Bonchev–Trinajstić information content (AvgIpc) is 2.42. The highest BCUT2D eigenvalue weighted by molar-refractivity contribution is 5.88. The predicted octanol–water partition coefficient (Wildman–Crippen LogP) is 4.35. The number of ketones is 2. The Balaban J connectivity index is 2.73. The minimum atomic E-state index is -0.898. The number of hydrogen-bond donors (Lipinski definition) is 0. The van der Waals surface area contributed by atoms with Crippen molar-refractivity contribution in [3.8, 4) is 6.07 Å². The molecule has 0 aromatic rings. The van der Waals surface area contributed by atoms with Gasteiger partial charge in [0.15, 0.2) is 5.78 Å². The maximum Gasteiger partial charge on any atom is 0.153 e. The van der Waals surface area contributed by atoms with Crippen molar-refractivity contribution in [3.63, 3.8) is 0 Å². The monoisotopic (exact) mass is 277 g/mol. The standard InChI is InChI=1S/C17H27NO2/c1-15(19)11-13-17(14-18)12-9-7-5-3-2-4-6-8-10-16(17)20/h2-13H2,1H3. The summed E-state index contributed by atoms with van der Waals surface area (Å²) >= 11 is 0. The van der Waals surface area contributed by atoms with E-state index in [1.54, 1.807) is 0 Å². The SMILES string of the molecule is CC(=O)CCC1(C#N)CCCCCCCCCCC1=O. The molecule has 0 heterocycles.